The molecule has 198 valence electrons. The lowest BCUT2D eigenvalue weighted by Crippen LogP contribution is -2.31. The van der Waals surface area contributed by atoms with Crippen molar-refractivity contribution in [3.05, 3.63) is 27.9 Å². The molecule has 4 rings (SSSR count). The topological polar surface area (TPSA) is 139 Å². The summed E-state index contributed by atoms with van der Waals surface area (Å²) in [5, 5.41) is 12.7. The summed E-state index contributed by atoms with van der Waals surface area (Å²) in [4.78, 5) is 35.8. The first-order chi connectivity index (χ1) is 17.7. The second-order valence-electron chi connectivity index (χ2n) is 10.3. The molecule has 3 fully saturated rings. The van der Waals surface area contributed by atoms with E-state index >= 15 is 0 Å². The van der Waals surface area contributed by atoms with Crippen molar-refractivity contribution >= 4 is 41.3 Å². The quantitative estimate of drug-likeness (QED) is 0.139. The van der Waals surface area contributed by atoms with Gasteiger partial charge in [0.25, 0.3) is 5.56 Å². The molecule has 11 heteroatoms. The van der Waals surface area contributed by atoms with Crippen LogP contribution in [0.3, 0.4) is 0 Å². The molecule has 1 aliphatic heterocycles. The van der Waals surface area contributed by atoms with Crippen LogP contribution in [0.5, 0.6) is 0 Å². The van der Waals surface area contributed by atoms with Crippen LogP contribution in [-0.2, 0) is 19.0 Å². The Morgan fingerprint density at radius 3 is 2.89 bits per heavy atom. The molecule has 5 atom stereocenters. The van der Waals surface area contributed by atoms with Gasteiger partial charge in [-0.25, -0.2) is 4.98 Å². The molecule has 0 radical (unpaired) electrons. The van der Waals surface area contributed by atoms with Gasteiger partial charge in [-0.15, -0.1) is 0 Å². The maximum atomic E-state index is 12.5. The van der Waals surface area contributed by atoms with Gasteiger partial charge in [-0.05, 0) is 25.8 Å². The van der Waals surface area contributed by atoms with Crippen molar-refractivity contribution in [3.8, 4) is 6.07 Å². The minimum absolute atomic E-state index is 0.0119. The second kappa shape index (κ2) is 10.8. The SMILES string of the molecule is Cc1nc(NC(=O)C(C)C)[nH]c(=O)c1N=CC1C2C3(CC[C@@H](CO/C(=C/C=S)COCCC#N)O3)C12C. The first-order valence-corrected chi connectivity index (χ1v) is 13.0. The molecule has 1 amide bonds. The highest BCUT2D eigenvalue weighted by molar-refractivity contribution is 7.79. The molecule has 1 saturated heterocycles. The molecule has 1 aromatic rings. The highest BCUT2D eigenvalue weighted by Crippen LogP contribution is 2.89. The van der Waals surface area contributed by atoms with Gasteiger partial charge in [-0.1, -0.05) is 33.0 Å². The average molecular weight is 528 g/mol. The summed E-state index contributed by atoms with van der Waals surface area (Å²) in [7, 11) is 0. The van der Waals surface area contributed by atoms with Gasteiger partial charge in [0.2, 0.25) is 11.9 Å². The highest BCUT2D eigenvalue weighted by atomic mass is 32.1. The molecule has 0 aromatic carbocycles. The number of aliphatic imine (C=N–C) groups is 1. The molecular weight excluding hydrogens is 494 g/mol. The van der Waals surface area contributed by atoms with Crippen LogP contribution >= 0.6 is 12.2 Å². The summed E-state index contributed by atoms with van der Waals surface area (Å²) >= 11 is 4.91. The van der Waals surface area contributed by atoms with Crippen LogP contribution in [0.2, 0.25) is 0 Å². The van der Waals surface area contributed by atoms with Gasteiger partial charge in [0.15, 0.2) is 0 Å². The number of nitrogens with zero attached hydrogens (tertiary/aromatic N) is 3. The van der Waals surface area contributed by atoms with E-state index in [1.807, 2.05) is 12.3 Å². The predicted molar refractivity (Wildman–Crippen MR) is 142 cm³/mol. The maximum Gasteiger partial charge on any atom is 0.278 e. The number of hydrogen-bond donors (Lipinski definition) is 2. The summed E-state index contributed by atoms with van der Waals surface area (Å²) in [6.07, 6.45) is 5.71. The molecule has 0 bridgehead atoms. The average Bonchev–Trinajstić information content (AvgIpc) is 3.51. The zero-order chi connectivity index (χ0) is 26.8. The Kier molecular flexibility index (Phi) is 7.92. The van der Waals surface area contributed by atoms with Crippen LogP contribution < -0.4 is 10.9 Å². The number of amides is 1. The van der Waals surface area contributed by atoms with Crippen LogP contribution in [0.1, 0.15) is 45.7 Å². The molecule has 37 heavy (non-hydrogen) atoms. The number of carbonyl (C=O) groups excluding carboxylic acids is 1. The molecule has 1 spiro atoms. The number of allylic oxidation sites excluding steroid dienone is 1. The van der Waals surface area contributed by atoms with E-state index in [2.05, 4.69) is 27.2 Å². The minimum atomic E-state index is -0.386. The number of rotatable bonds is 12. The number of nitriles is 1. The number of fused-ring (bicyclic) bond motifs is 3. The Morgan fingerprint density at radius 2 is 2.24 bits per heavy atom. The van der Waals surface area contributed by atoms with Gasteiger partial charge in [0, 0.05) is 34.8 Å². The van der Waals surface area contributed by atoms with Gasteiger partial charge in [-0.2, -0.15) is 5.26 Å². The number of aromatic nitrogens is 2. The summed E-state index contributed by atoms with van der Waals surface area (Å²) in [5.74, 6) is 0.926. The molecule has 2 saturated carbocycles. The van der Waals surface area contributed by atoms with Crippen LogP contribution in [0.4, 0.5) is 11.6 Å². The Hall–Kier alpha value is -2.94. The Morgan fingerprint density at radius 1 is 1.49 bits per heavy atom. The summed E-state index contributed by atoms with van der Waals surface area (Å²) < 4.78 is 17.8. The first-order valence-electron chi connectivity index (χ1n) is 12.5. The second-order valence-corrected chi connectivity index (χ2v) is 10.5. The van der Waals surface area contributed by atoms with Crippen molar-refractivity contribution < 1.29 is 19.0 Å². The van der Waals surface area contributed by atoms with Crippen molar-refractivity contribution in [1.29, 1.82) is 5.26 Å². The smallest absolute Gasteiger partial charge is 0.278 e. The van der Waals surface area contributed by atoms with E-state index in [1.54, 1.807) is 26.8 Å². The van der Waals surface area contributed by atoms with E-state index < -0.39 is 0 Å². The largest absolute Gasteiger partial charge is 0.493 e. The molecular formula is C26H33N5O5S. The fourth-order valence-corrected chi connectivity index (χ4v) is 5.58. The van der Waals surface area contributed by atoms with Gasteiger partial charge < -0.3 is 14.2 Å². The first kappa shape index (κ1) is 27.1. The standard InChI is InChI=1S/C26H33N5O5S/c1-15(2)22(32)30-24-29-16(3)20(23(33)31-24)28-12-19-21-25(19,4)26(21)8-6-18(36-26)14-35-17(7-11-37)13-34-10-5-9-27/h7,11-12,15,18-19,21H,5-6,8,10,13-14H2,1-4H3,(H2,29,30,31,32,33)/b17-7+,28-12?/t18-,19?,21?,25?,26?/m0/s1. The van der Waals surface area contributed by atoms with Crippen LogP contribution in [0.15, 0.2) is 21.6 Å². The number of H-pyrrole nitrogens is 1. The van der Waals surface area contributed by atoms with Crippen LogP contribution in [0.25, 0.3) is 0 Å². The monoisotopic (exact) mass is 527 g/mol. The van der Waals surface area contributed by atoms with E-state index in [4.69, 9.17) is 31.7 Å². The normalized spacial score (nSPS) is 29.8. The molecule has 4 unspecified atom stereocenters. The zero-order valence-electron chi connectivity index (χ0n) is 21.6. The Balaban J connectivity index is 1.29. The van der Waals surface area contributed by atoms with Crippen molar-refractivity contribution in [2.75, 3.05) is 25.1 Å². The highest BCUT2D eigenvalue weighted by Gasteiger charge is 2.94. The van der Waals surface area contributed by atoms with E-state index in [9.17, 15) is 9.59 Å². The number of anilines is 1. The number of aryl methyl sites for hydroxylation is 1. The lowest BCUT2D eigenvalue weighted by Gasteiger charge is -2.25. The third kappa shape index (κ3) is 5.23. The van der Waals surface area contributed by atoms with Crippen LogP contribution in [-0.4, -0.2) is 59.0 Å². The van der Waals surface area contributed by atoms with E-state index in [1.165, 1.54) is 5.37 Å². The Labute approximate surface area is 221 Å². The van der Waals surface area contributed by atoms with Crippen LogP contribution in [0, 0.1) is 41.4 Å². The third-order valence-electron chi connectivity index (χ3n) is 7.64. The Bertz CT molecular complexity index is 1220. The lowest BCUT2D eigenvalue weighted by atomic mass is 9.91. The van der Waals surface area contributed by atoms with Crippen molar-refractivity contribution in [1.82, 2.24) is 9.97 Å². The number of hydrogen-bond acceptors (Lipinski definition) is 9. The number of nitrogens with one attached hydrogen (secondary N) is 2. The molecule has 10 nitrogen and oxygen atoms in total. The van der Waals surface area contributed by atoms with Gasteiger partial charge >= 0.3 is 0 Å². The molecule has 2 aliphatic carbocycles. The fourth-order valence-electron chi connectivity index (χ4n) is 5.43. The summed E-state index contributed by atoms with van der Waals surface area (Å²) in [5.41, 5.74) is 0.181. The molecule has 2 N–H and O–H groups in total. The van der Waals surface area contributed by atoms with E-state index in [0.29, 0.717) is 37.0 Å². The molecule has 2 heterocycles. The number of thiocarbonyl (C=S) groups is 1. The maximum absolute atomic E-state index is 12.5. The fraction of sp³-hybridized carbons (Fsp3) is 0.615. The molecule has 3 aliphatic rings. The lowest BCUT2D eigenvalue weighted by molar-refractivity contribution is -0.118. The third-order valence-corrected chi connectivity index (χ3v) is 7.78. The van der Waals surface area contributed by atoms with Crippen molar-refractivity contribution in [3.63, 3.8) is 0 Å². The number of ether oxygens (including phenoxy) is 3. The van der Waals surface area contributed by atoms with Crippen molar-refractivity contribution in [2.45, 2.75) is 58.7 Å². The van der Waals surface area contributed by atoms with Gasteiger partial charge in [-0.3, -0.25) is 24.9 Å². The minimum Gasteiger partial charge on any atom is -0.493 e. The summed E-state index contributed by atoms with van der Waals surface area (Å²) in [6, 6.07) is 2.04. The van der Waals surface area contributed by atoms with Gasteiger partial charge in [0.1, 0.15) is 24.7 Å². The van der Waals surface area contributed by atoms with Gasteiger partial charge in [0.05, 0.1) is 36.5 Å². The predicted octanol–water partition coefficient (Wildman–Crippen LogP) is 3.39. The zero-order valence-corrected chi connectivity index (χ0v) is 22.4. The number of carbonyl (C=O) groups is 1. The van der Waals surface area contributed by atoms with Crippen molar-refractivity contribution in [2.24, 2.45) is 28.2 Å². The van der Waals surface area contributed by atoms with E-state index in [-0.39, 0.29) is 58.7 Å². The summed E-state index contributed by atoms with van der Waals surface area (Å²) in [6.45, 7) is 8.47. The number of aromatic amines is 1. The van der Waals surface area contributed by atoms with E-state index in [0.717, 1.165) is 12.8 Å². The molecule has 1 aromatic heterocycles.